The normalized spacial score (nSPS) is 10.9. The smallest absolute Gasteiger partial charge is 0.142 e. The highest BCUT2D eigenvalue weighted by Crippen LogP contribution is 2.39. The van der Waals surface area contributed by atoms with Crippen LogP contribution < -0.4 is 15.0 Å². The van der Waals surface area contributed by atoms with E-state index in [9.17, 15) is 5.26 Å². The molecule has 0 aliphatic rings. The molecule has 0 atom stereocenters. The van der Waals surface area contributed by atoms with Gasteiger partial charge in [-0.05, 0) is 69.5 Å². The van der Waals surface area contributed by atoms with Crippen molar-refractivity contribution >= 4 is 51.3 Å². The van der Waals surface area contributed by atoms with Gasteiger partial charge in [0, 0.05) is 42.0 Å². The van der Waals surface area contributed by atoms with Gasteiger partial charge in [-0.25, -0.2) is 4.98 Å². The molecule has 0 radical (unpaired) electrons. The Morgan fingerprint density at radius 3 is 2.59 bits per heavy atom. The maximum Gasteiger partial charge on any atom is 0.142 e. The van der Waals surface area contributed by atoms with Crippen LogP contribution in [0.2, 0.25) is 5.02 Å². The molecule has 0 saturated heterocycles. The van der Waals surface area contributed by atoms with Crippen molar-refractivity contribution < 1.29 is 4.74 Å². The van der Waals surface area contributed by atoms with Crippen LogP contribution in [-0.4, -0.2) is 56.2 Å². The van der Waals surface area contributed by atoms with E-state index in [1.807, 2.05) is 48.5 Å². The topological polar surface area (TPSA) is 77.3 Å². The lowest BCUT2D eigenvalue weighted by Gasteiger charge is -2.23. The Morgan fingerprint density at radius 1 is 1.08 bits per heavy atom. The second kappa shape index (κ2) is 12.2. The number of hydrogen-bond donors (Lipinski definition) is 1. The van der Waals surface area contributed by atoms with Gasteiger partial charge >= 0.3 is 0 Å². The van der Waals surface area contributed by atoms with E-state index in [2.05, 4.69) is 52.3 Å². The standard InChI is InChI=1S/C28H29ClN6OS/c1-34(2)12-7-13-35(3)24-16-23-21(15-25(24)36-4)28(19(17-30)18-32-23)33-20-9-10-26(22(29)14-20)37-27-8-5-6-11-31-27/h5-6,8-11,14-16,18H,7,12-13H2,1-4H3,(H,32,33). The molecule has 2 heterocycles. The molecule has 0 spiro atoms. The van der Waals surface area contributed by atoms with Gasteiger partial charge in [-0.1, -0.05) is 29.4 Å². The van der Waals surface area contributed by atoms with Crippen LogP contribution in [0.5, 0.6) is 5.75 Å². The molecule has 2 aromatic carbocycles. The third kappa shape index (κ3) is 6.44. The molecule has 0 unspecified atom stereocenters. The molecule has 4 aromatic rings. The van der Waals surface area contributed by atoms with E-state index in [-0.39, 0.29) is 0 Å². The fraction of sp³-hybridized carbons (Fsp3) is 0.250. The number of anilines is 3. The molecule has 0 amide bonds. The Bertz CT molecular complexity index is 1420. The number of benzene rings is 2. The molecule has 0 aliphatic carbocycles. The lowest BCUT2D eigenvalue weighted by Crippen LogP contribution is -2.23. The van der Waals surface area contributed by atoms with Gasteiger partial charge in [-0.3, -0.25) is 4.98 Å². The molecule has 9 heteroatoms. The van der Waals surface area contributed by atoms with Crippen molar-refractivity contribution in [1.29, 1.82) is 5.26 Å². The molecule has 37 heavy (non-hydrogen) atoms. The number of aromatic nitrogens is 2. The van der Waals surface area contributed by atoms with Crippen LogP contribution in [0.15, 0.2) is 70.8 Å². The number of hydrogen-bond acceptors (Lipinski definition) is 8. The third-order valence-electron chi connectivity index (χ3n) is 5.85. The monoisotopic (exact) mass is 532 g/mol. The zero-order chi connectivity index (χ0) is 26.4. The summed E-state index contributed by atoms with van der Waals surface area (Å²) in [4.78, 5) is 14.2. The summed E-state index contributed by atoms with van der Waals surface area (Å²) in [6.45, 7) is 1.88. The summed E-state index contributed by atoms with van der Waals surface area (Å²) in [5.74, 6) is 0.722. The molecular weight excluding hydrogens is 504 g/mol. The van der Waals surface area contributed by atoms with Gasteiger partial charge in [0.15, 0.2) is 0 Å². The fourth-order valence-electron chi connectivity index (χ4n) is 3.96. The van der Waals surface area contributed by atoms with Crippen LogP contribution in [0.3, 0.4) is 0 Å². The summed E-state index contributed by atoms with van der Waals surface area (Å²) in [6, 6.07) is 17.7. The average molecular weight is 533 g/mol. The van der Waals surface area contributed by atoms with Gasteiger partial charge in [-0.2, -0.15) is 5.26 Å². The quantitative estimate of drug-likeness (QED) is 0.250. The van der Waals surface area contributed by atoms with Gasteiger partial charge in [0.2, 0.25) is 0 Å². The first-order valence-corrected chi connectivity index (χ1v) is 13.0. The first-order valence-electron chi connectivity index (χ1n) is 11.8. The summed E-state index contributed by atoms with van der Waals surface area (Å²) < 4.78 is 5.75. The summed E-state index contributed by atoms with van der Waals surface area (Å²) in [7, 11) is 7.85. The minimum Gasteiger partial charge on any atom is -0.495 e. The number of fused-ring (bicyclic) bond motifs is 1. The Kier molecular flexibility index (Phi) is 8.72. The van der Waals surface area contributed by atoms with Crippen LogP contribution in [0, 0.1) is 11.3 Å². The van der Waals surface area contributed by atoms with Crippen LogP contribution >= 0.6 is 23.4 Å². The number of ether oxygens (including phenoxy) is 1. The van der Waals surface area contributed by atoms with E-state index < -0.39 is 0 Å². The lowest BCUT2D eigenvalue weighted by atomic mass is 10.1. The van der Waals surface area contributed by atoms with E-state index >= 15 is 0 Å². The first-order chi connectivity index (χ1) is 17.9. The molecule has 2 aromatic heterocycles. The predicted octanol–water partition coefficient (Wildman–Crippen LogP) is 6.45. The Labute approximate surface area is 227 Å². The summed E-state index contributed by atoms with van der Waals surface area (Å²) in [5, 5.41) is 15.5. The maximum absolute atomic E-state index is 9.82. The van der Waals surface area contributed by atoms with Crippen molar-refractivity contribution in [3.8, 4) is 11.8 Å². The van der Waals surface area contributed by atoms with Crippen molar-refractivity contribution in [2.45, 2.75) is 16.3 Å². The lowest BCUT2D eigenvalue weighted by molar-refractivity contribution is 0.399. The zero-order valence-corrected chi connectivity index (χ0v) is 22.9. The third-order valence-corrected chi connectivity index (χ3v) is 7.30. The number of rotatable bonds is 10. The predicted molar refractivity (Wildman–Crippen MR) is 153 cm³/mol. The van der Waals surface area contributed by atoms with E-state index in [4.69, 9.17) is 16.3 Å². The molecule has 190 valence electrons. The van der Waals surface area contributed by atoms with Gasteiger partial charge in [-0.15, -0.1) is 0 Å². The largest absolute Gasteiger partial charge is 0.495 e. The number of nitrogens with zero attached hydrogens (tertiary/aromatic N) is 5. The van der Waals surface area contributed by atoms with E-state index in [1.54, 1.807) is 19.5 Å². The molecule has 0 fully saturated rings. The first kappa shape index (κ1) is 26.6. The average Bonchev–Trinajstić information content (AvgIpc) is 2.90. The summed E-state index contributed by atoms with van der Waals surface area (Å²) >= 11 is 8.11. The summed E-state index contributed by atoms with van der Waals surface area (Å²) in [5.41, 5.74) is 3.59. The van der Waals surface area contributed by atoms with Crippen molar-refractivity contribution in [2.24, 2.45) is 0 Å². The SMILES string of the molecule is COc1cc2c(Nc3ccc(Sc4ccccn4)c(Cl)c3)c(C#N)cnc2cc1N(C)CCCN(C)C. The Balaban J connectivity index is 1.66. The van der Waals surface area contributed by atoms with E-state index in [1.165, 1.54) is 11.8 Å². The fourth-order valence-corrected chi connectivity index (χ4v) is 5.03. The van der Waals surface area contributed by atoms with Gasteiger partial charge in [0.25, 0.3) is 0 Å². The van der Waals surface area contributed by atoms with Crippen molar-refractivity contribution in [3.05, 3.63) is 71.5 Å². The Morgan fingerprint density at radius 2 is 1.92 bits per heavy atom. The van der Waals surface area contributed by atoms with Gasteiger partial charge < -0.3 is 19.9 Å². The highest BCUT2D eigenvalue weighted by Gasteiger charge is 2.16. The zero-order valence-electron chi connectivity index (χ0n) is 21.3. The van der Waals surface area contributed by atoms with Crippen LogP contribution in [0.1, 0.15) is 12.0 Å². The molecule has 0 bridgehead atoms. The van der Waals surface area contributed by atoms with E-state index in [0.717, 1.165) is 57.5 Å². The van der Waals surface area contributed by atoms with Crippen molar-refractivity contribution in [3.63, 3.8) is 0 Å². The van der Waals surface area contributed by atoms with Crippen molar-refractivity contribution in [2.75, 3.05) is 51.6 Å². The maximum atomic E-state index is 9.82. The van der Waals surface area contributed by atoms with E-state index in [0.29, 0.717) is 16.3 Å². The molecule has 4 rings (SSSR count). The number of nitriles is 1. The number of pyridine rings is 2. The second-order valence-electron chi connectivity index (χ2n) is 8.82. The summed E-state index contributed by atoms with van der Waals surface area (Å²) in [6.07, 6.45) is 4.37. The second-order valence-corrected chi connectivity index (χ2v) is 10.3. The number of halogens is 1. The number of nitrogens with one attached hydrogen (secondary N) is 1. The van der Waals surface area contributed by atoms with Crippen LogP contribution in [-0.2, 0) is 0 Å². The van der Waals surface area contributed by atoms with Gasteiger partial charge in [0.05, 0.1) is 34.6 Å². The molecule has 0 aliphatic heterocycles. The van der Waals surface area contributed by atoms with Crippen molar-refractivity contribution in [1.82, 2.24) is 14.9 Å². The van der Waals surface area contributed by atoms with Crippen LogP contribution in [0.25, 0.3) is 10.9 Å². The Hall–Kier alpha value is -3.51. The highest BCUT2D eigenvalue weighted by atomic mass is 35.5. The van der Waals surface area contributed by atoms with Crippen LogP contribution in [0.4, 0.5) is 17.1 Å². The highest BCUT2D eigenvalue weighted by molar-refractivity contribution is 7.99. The minimum atomic E-state index is 0.435. The minimum absolute atomic E-state index is 0.435. The number of methoxy groups -OCH3 is 1. The molecule has 0 saturated carbocycles. The molecule has 7 nitrogen and oxygen atoms in total. The molecular formula is C28H29ClN6OS. The van der Waals surface area contributed by atoms with Gasteiger partial charge in [0.1, 0.15) is 16.8 Å². The molecule has 1 N–H and O–H groups in total.